The van der Waals surface area contributed by atoms with Crippen molar-refractivity contribution in [1.29, 1.82) is 0 Å². The summed E-state index contributed by atoms with van der Waals surface area (Å²) in [5.74, 6) is -0.556. The number of alkyl halides is 3. The number of carbonyl (C=O) groups excluding carboxylic acids is 1. The Kier molecular flexibility index (Phi) is 5.33. The minimum absolute atomic E-state index is 0.0740. The largest absolute Gasteiger partial charge is 0.417 e. The van der Waals surface area contributed by atoms with E-state index in [9.17, 15) is 18.0 Å². The summed E-state index contributed by atoms with van der Waals surface area (Å²) >= 11 is 0. The number of halogens is 3. The summed E-state index contributed by atoms with van der Waals surface area (Å²) in [6, 6.07) is 9.10. The minimum atomic E-state index is -4.47. The van der Waals surface area contributed by atoms with Crippen molar-refractivity contribution in [2.24, 2.45) is 0 Å². The van der Waals surface area contributed by atoms with Crippen molar-refractivity contribution < 1.29 is 18.0 Å². The molecule has 1 aromatic carbocycles. The average Bonchev–Trinajstić information content (AvgIpc) is 2.52. The van der Waals surface area contributed by atoms with Crippen LogP contribution in [0.15, 0.2) is 42.6 Å². The van der Waals surface area contributed by atoms with Gasteiger partial charge in [0, 0.05) is 18.4 Å². The predicted molar refractivity (Wildman–Crippen MR) is 81.0 cm³/mol. The lowest BCUT2D eigenvalue weighted by Gasteiger charge is -2.09. The quantitative estimate of drug-likeness (QED) is 0.886. The third kappa shape index (κ3) is 4.79. The van der Waals surface area contributed by atoms with Gasteiger partial charge in [0.1, 0.15) is 5.69 Å². The number of benzene rings is 1. The Morgan fingerprint density at radius 2 is 2.00 bits per heavy atom. The number of pyridine rings is 1. The summed E-state index contributed by atoms with van der Waals surface area (Å²) in [5, 5.41) is 5.79. The van der Waals surface area contributed by atoms with Crippen LogP contribution in [-0.2, 0) is 12.7 Å². The molecule has 0 saturated heterocycles. The molecule has 1 amide bonds. The number of amides is 1. The van der Waals surface area contributed by atoms with E-state index >= 15 is 0 Å². The van der Waals surface area contributed by atoms with Crippen LogP contribution in [0.3, 0.4) is 0 Å². The number of hydrogen-bond donors (Lipinski definition) is 2. The van der Waals surface area contributed by atoms with Gasteiger partial charge < -0.3 is 10.6 Å². The standard InChI is InChI=1S/C16H16F3N3O/c1-2-20-9-11-4-3-5-13(8-11)22-15(23)14-7-6-12(10-21-14)16(17,18)19/h3-8,10,20H,2,9H2,1H3,(H,22,23). The first-order valence-electron chi connectivity index (χ1n) is 7.04. The number of nitrogens with zero attached hydrogens (tertiary/aromatic N) is 1. The highest BCUT2D eigenvalue weighted by atomic mass is 19.4. The zero-order valence-electron chi connectivity index (χ0n) is 12.4. The summed E-state index contributed by atoms with van der Waals surface area (Å²) in [4.78, 5) is 15.6. The third-order valence-electron chi connectivity index (χ3n) is 3.09. The number of rotatable bonds is 5. The minimum Gasteiger partial charge on any atom is -0.321 e. The van der Waals surface area contributed by atoms with E-state index in [1.807, 2.05) is 13.0 Å². The van der Waals surface area contributed by atoms with E-state index in [4.69, 9.17) is 0 Å². The van der Waals surface area contributed by atoms with E-state index in [-0.39, 0.29) is 5.69 Å². The molecule has 0 unspecified atom stereocenters. The number of aromatic nitrogens is 1. The molecule has 0 aliphatic heterocycles. The van der Waals surface area contributed by atoms with Gasteiger partial charge in [-0.2, -0.15) is 13.2 Å². The van der Waals surface area contributed by atoms with Gasteiger partial charge in [0.15, 0.2) is 0 Å². The maximum atomic E-state index is 12.5. The first kappa shape index (κ1) is 17.0. The van der Waals surface area contributed by atoms with Crippen LogP contribution in [0.2, 0.25) is 0 Å². The number of carbonyl (C=O) groups is 1. The predicted octanol–water partition coefficient (Wildman–Crippen LogP) is 3.46. The van der Waals surface area contributed by atoms with Gasteiger partial charge in [0.05, 0.1) is 5.56 Å². The highest BCUT2D eigenvalue weighted by Crippen LogP contribution is 2.28. The summed E-state index contributed by atoms with van der Waals surface area (Å²) in [5.41, 5.74) is 0.592. The lowest BCUT2D eigenvalue weighted by Crippen LogP contribution is -2.15. The number of hydrogen-bond acceptors (Lipinski definition) is 3. The Labute approximate surface area is 131 Å². The Morgan fingerprint density at radius 3 is 2.61 bits per heavy atom. The monoisotopic (exact) mass is 323 g/mol. The summed E-state index contributed by atoms with van der Waals surface area (Å²) < 4.78 is 37.4. The van der Waals surface area contributed by atoms with Crippen LogP contribution in [-0.4, -0.2) is 17.4 Å². The fraction of sp³-hybridized carbons (Fsp3) is 0.250. The molecule has 0 saturated carbocycles. The SMILES string of the molecule is CCNCc1cccc(NC(=O)c2ccc(C(F)(F)F)cn2)c1. The van der Waals surface area contributed by atoms with Crippen LogP contribution >= 0.6 is 0 Å². The van der Waals surface area contributed by atoms with Gasteiger partial charge in [-0.3, -0.25) is 9.78 Å². The van der Waals surface area contributed by atoms with Crippen molar-refractivity contribution in [1.82, 2.24) is 10.3 Å². The molecule has 0 aliphatic rings. The van der Waals surface area contributed by atoms with Crippen molar-refractivity contribution in [3.8, 4) is 0 Å². The van der Waals surface area contributed by atoms with E-state index in [2.05, 4.69) is 15.6 Å². The molecule has 2 rings (SSSR count). The summed E-state index contributed by atoms with van der Waals surface area (Å²) in [6.45, 7) is 3.48. The normalized spacial score (nSPS) is 11.3. The van der Waals surface area contributed by atoms with Crippen LogP contribution in [0, 0.1) is 0 Å². The first-order chi connectivity index (χ1) is 10.9. The molecule has 1 heterocycles. The van der Waals surface area contributed by atoms with Crippen LogP contribution in [0.25, 0.3) is 0 Å². The molecule has 2 aromatic rings. The van der Waals surface area contributed by atoms with Crippen molar-refractivity contribution >= 4 is 11.6 Å². The lowest BCUT2D eigenvalue weighted by atomic mass is 10.2. The molecule has 4 nitrogen and oxygen atoms in total. The Balaban J connectivity index is 2.07. The zero-order valence-corrected chi connectivity index (χ0v) is 12.4. The van der Waals surface area contributed by atoms with Crippen molar-refractivity contribution in [2.45, 2.75) is 19.6 Å². The second kappa shape index (κ2) is 7.23. The highest BCUT2D eigenvalue weighted by molar-refractivity contribution is 6.02. The van der Waals surface area contributed by atoms with Crippen LogP contribution in [0.5, 0.6) is 0 Å². The Hall–Kier alpha value is -2.41. The van der Waals surface area contributed by atoms with Gasteiger partial charge in [-0.1, -0.05) is 19.1 Å². The highest BCUT2D eigenvalue weighted by Gasteiger charge is 2.30. The molecule has 0 spiro atoms. The van der Waals surface area contributed by atoms with E-state index in [1.165, 1.54) is 0 Å². The van der Waals surface area contributed by atoms with E-state index in [1.54, 1.807) is 18.2 Å². The van der Waals surface area contributed by atoms with Crippen molar-refractivity contribution in [3.05, 3.63) is 59.4 Å². The maximum absolute atomic E-state index is 12.5. The maximum Gasteiger partial charge on any atom is 0.417 e. The number of anilines is 1. The smallest absolute Gasteiger partial charge is 0.321 e. The topological polar surface area (TPSA) is 54.0 Å². The molecular formula is C16H16F3N3O. The first-order valence-corrected chi connectivity index (χ1v) is 7.04. The van der Waals surface area contributed by atoms with E-state index < -0.39 is 17.6 Å². The molecule has 23 heavy (non-hydrogen) atoms. The van der Waals surface area contributed by atoms with Gasteiger partial charge in [-0.25, -0.2) is 0 Å². The van der Waals surface area contributed by atoms with Crippen LogP contribution in [0.4, 0.5) is 18.9 Å². The summed E-state index contributed by atoms with van der Waals surface area (Å²) in [7, 11) is 0. The van der Waals surface area contributed by atoms with E-state index in [0.717, 1.165) is 24.2 Å². The van der Waals surface area contributed by atoms with Crippen LogP contribution < -0.4 is 10.6 Å². The van der Waals surface area contributed by atoms with E-state index in [0.29, 0.717) is 18.4 Å². The molecule has 0 radical (unpaired) electrons. The van der Waals surface area contributed by atoms with Gasteiger partial charge in [0.2, 0.25) is 0 Å². The molecule has 122 valence electrons. The van der Waals surface area contributed by atoms with Crippen molar-refractivity contribution in [2.75, 3.05) is 11.9 Å². The molecule has 0 fully saturated rings. The van der Waals surface area contributed by atoms with Crippen molar-refractivity contribution in [3.63, 3.8) is 0 Å². The third-order valence-corrected chi connectivity index (χ3v) is 3.09. The van der Waals surface area contributed by atoms with Gasteiger partial charge in [0.25, 0.3) is 5.91 Å². The number of nitrogens with one attached hydrogen (secondary N) is 2. The van der Waals surface area contributed by atoms with Gasteiger partial charge in [-0.15, -0.1) is 0 Å². The molecule has 0 atom stereocenters. The Bertz CT molecular complexity index is 669. The average molecular weight is 323 g/mol. The van der Waals surface area contributed by atoms with Gasteiger partial charge in [-0.05, 0) is 36.4 Å². The lowest BCUT2D eigenvalue weighted by molar-refractivity contribution is -0.137. The molecule has 0 bridgehead atoms. The Morgan fingerprint density at radius 1 is 1.22 bits per heavy atom. The van der Waals surface area contributed by atoms with Gasteiger partial charge >= 0.3 is 6.18 Å². The molecule has 1 aromatic heterocycles. The molecular weight excluding hydrogens is 307 g/mol. The van der Waals surface area contributed by atoms with Crippen LogP contribution in [0.1, 0.15) is 28.5 Å². The summed E-state index contributed by atoms with van der Waals surface area (Å²) in [6.07, 6.45) is -3.82. The molecule has 2 N–H and O–H groups in total. The fourth-order valence-electron chi connectivity index (χ4n) is 1.92. The fourth-order valence-corrected chi connectivity index (χ4v) is 1.92. The molecule has 0 aliphatic carbocycles. The second-order valence-corrected chi connectivity index (χ2v) is 4.86. The second-order valence-electron chi connectivity index (χ2n) is 4.86. The zero-order chi connectivity index (χ0) is 16.9. The molecule has 7 heteroatoms.